The molecule has 1 aliphatic rings. The summed E-state index contributed by atoms with van der Waals surface area (Å²) in [6.45, 7) is -0.664. The first-order valence-corrected chi connectivity index (χ1v) is 7.68. The molecule has 2 aromatic rings. The van der Waals surface area contributed by atoms with Gasteiger partial charge in [0.25, 0.3) is 5.75 Å². The molecule has 1 saturated heterocycles. The molecule has 0 unspecified atom stereocenters. The predicted octanol–water partition coefficient (Wildman–Crippen LogP) is -1.31. The van der Waals surface area contributed by atoms with Crippen LogP contribution in [-0.4, -0.2) is 70.0 Å². The summed E-state index contributed by atoms with van der Waals surface area (Å²) in [6, 6.07) is 4.36. The molecular weight excluding hydrogens is 352 g/mol. The van der Waals surface area contributed by atoms with E-state index in [0.717, 1.165) is 0 Å². The minimum Gasteiger partial charge on any atom is -0.504 e. The average Bonchev–Trinajstić information content (AvgIpc) is 2.64. The lowest BCUT2D eigenvalue weighted by atomic mass is 9.99. The molecule has 0 saturated carbocycles. The second kappa shape index (κ2) is 7.09. The molecular formula is C16H18O10. The molecule has 5 N–H and O–H groups in total. The summed E-state index contributed by atoms with van der Waals surface area (Å²) < 4.78 is 20.4. The maximum atomic E-state index is 12.1. The van der Waals surface area contributed by atoms with Gasteiger partial charge in [0.05, 0.1) is 19.1 Å². The van der Waals surface area contributed by atoms with E-state index in [1.54, 1.807) is 0 Å². The molecule has 1 aliphatic heterocycles. The van der Waals surface area contributed by atoms with E-state index in [-0.39, 0.29) is 11.0 Å². The van der Waals surface area contributed by atoms with Crippen molar-refractivity contribution in [3.63, 3.8) is 0 Å². The number of aliphatic hydroxyl groups excluding tert-OH is 4. The van der Waals surface area contributed by atoms with Gasteiger partial charge in [0.2, 0.25) is 6.29 Å². The Morgan fingerprint density at radius 2 is 1.88 bits per heavy atom. The second-order valence-corrected chi connectivity index (χ2v) is 5.74. The number of methoxy groups -OCH3 is 1. The van der Waals surface area contributed by atoms with Crippen LogP contribution in [0.25, 0.3) is 11.0 Å². The van der Waals surface area contributed by atoms with E-state index in [9.17, 15) is 30.3 Å². The molecule has 0 bridgehead atoms. The average molecular weight is 370 g/mol. The fourth-order valence-electron chi connectivity index (χ4n) is 2.66. The van der Waals surface area contributed by atoms with Gasteiger partial charge in [0, 0.05) is 6.07 Å². The summed E-state index contributed by atoms with van der Waals surface area (Å²) >= 11 is 0. The molecule has 0 spiro atoms. The predicted molar refractivity (Wildman–Crippen MR) is 85.1 cm³/mol. The Hall–Kier alpha value is -2.37. The van der Waals surface area contributed by atoms with Gasteiger partial charge in [-0.3, -0.25) is 0 Å². The molecule has 1 aromatic heterocycles. The zero-order chi connectivity index (χ0) is 19.0. The Morgan fingerprint density at radius 3 is 2.54 bits per heavy atom. The van der Waals surface area contributed by atoms with Gasteiger partial charge in [-0.15, -0.1) is 0 Å². The highest BCUT2D eigenvalue weighted by Gasteiger charge is 2.45. The van der Waals surface area contributed by atoms with E-state index < -0.39 is 54.4 Å². The molecule has 10 nitrogen and oxygen atoms in total. The largest absolute Gasteiger partial charge is 0.504 e. The summed E-state index contributed by atoms with van der Waals surface area (Å²) in [5.74, 6) is -0.800. The van der Waals surface area contributed by atoms with Crippen molar-refractivity contribution < 1.29 is 44.2 Å². The Kier molecular flexibility index (Phi) is 5.03. The zero-order valence-electron chi connectivity index (χ0n) is 13.6. The molecule has 10 heteroatoms. The smallest absolute Gasteiger partial charge is 0.383 e. The van der Waals surface area contributed by atoms with Gasteiger partial charge in [-0.05, 0) is 12.1 Å². The van der Waals surface area contributed by atoms with Crippen molar-refractivity contribution in [2.45, 2.75) is 30.7 Å². The maximum Gasteiger partial charge on any atom is 0.383 e. The maximum absolute atomic E-state index is 12.1. The van der Waals surface area contributed by atoms with Gasteiger partial charge in [-0.1, -0.05) is 0 Å². The molecule has 0 aliphatic carbocycles. The van der Waals surface area contributed by atoms with Crippen LogP contribution in [0.1, 0.15) is 0 Å². The third-order valence-electron chi connectivity index (χ3n) is 4.13. The van der Waals surface area contributed by atoms with Gasteiger partial charge in [-0.25, -0.2) is 4.79 Å². The van der Waals surface area contributed by atoms with Crippen LogP contribution in [0.15, 0.2) is 27.4 Å². The van der Waals surface area contributed by atoms with Crippen molar-refractivity contribution >= 4 is 11.0 Å². The normalized spacial score (nSPS) is 28.9. The van der Waals surface area contributed by atoms with Crippen LogP contribution in [0.2, 0.25) is 0 Å². The van der Waals surface area contributed by atoms with Crippen molar-refractivity contribution in [1.82, 2.24) is 0 Å². The molecule has 1 fully saturated rings. The first-order chi connectivity index (χ1) is 12.4. The Labute approximate surface area is 146 Å². The molecule has 2 heterocycles. The van der Waals surface area contributed by atoms with Crippen molar-refractivity contribution in [2.24, 2.45) is 0 Å². The minimum absolute atomic E-state index is 0.0491. The van der Waals surface area contributed by atoms with Crippen LogP contribution in [0.3, 0.4) is 0 Å². The summed E-state index contributed by atoms with van der Waals surface area (Å²) in [4.78, 5) is 12.1. The highest BCUT2D eigenvalue weighted by molar-refractivity contribution is 5.86. The lowest BCUT2D eigenvalue weighted by molar-refractivity contribution is -0.278. The first kappa shape index (κ1) is 18.4. The molecule has 26 heavy (non-hydrogen) atoms. The van der Waals surface area contributed by atoms with Crippen LogP contribution in [0.4, 0.5) is 0 Å². The van der Waals surface area contributed by atoms with Gasteiger partial charge in [-0.2, -0.15) is 0 Å². The number of hydrogen-bond donors (Lipinski definition) is 5. The summed E-state index contributed by atoms with van der Waals surface area (Å²) in [7, 11) is 1.43. The lowest BCUT2D eigenvalue weighted by Gasteiger charge is -2.39. The number of hydrogen-bond acceptors (Lipinski definition) is 10. The van der Waals surface area contributed by atoms with E-state index in [2.05, 4.69) is 0 Å². The van der Waals surface area contributed by atoms with Gasteiger partial charge < -0.3 is 44.2 Å². The fraction of sp³-hybridized carbons (Fsp3) is 0.438. The topological polar surface area (TPSA) is 159 Å². The number of benzene rings is 1. The van der Waals surface area contributed by atoms with E-state index >= 15 is 0 Å². The summed E-state index contributed by atoms with van der Waals surface area (Å²) in [5, 5.41) is 49.1. The van der Waals surface area contributed by atoms with Gasteiger partial charge in [0.15, 0.2) is 5.75 Å². The quantitative estimate of drug-likeness (QED) is 0.409. The number of aliphatic hydroxyl groups is 4. The zero-order valence-corrected chi connectivity index (χ0v) is 13.6. The number of rotatable bonds is 4. The summed E-state index contributed by atoms with van der Waals surface area (Å²) in [5.41, 5.74) is -1.01. The molecule has 0 amide bonds. The van der Waals surface area contributed by atoms with E-state index in [1.807, 2.05) is 0 Å². The highest BCUT2D eigenvalue weighted by Crippen LogP contribution is 2.35. The fourth-order valence-corrected chi connectivity index (χ4v) is 2.66. The third-order valence-corrected chi connectivity index (χ3v) is 4.13. The number of aromatic hydroxyl groups is 1. The summed E-state index contributed by atoms with van der Waals surface area (Å²) in [6.07, 6.45) is -7.86. The lowest BCUT2D eigenvalue weighted by Crippen LogP contribution is -2.60. The number of ether oxygens (including phenoxy) is 3. The van der Waals surface area contributed by atoms with E-state index in [4.69, 9.17) is 18.6 Å². The Morgan fingerprint density at radius 1 is 1.15 bits per heavy atom. The SMILES string of the molecule is COc1ccc2c(O)c(O[C@@H]3O[C@H](CO)[C@@H](O)[C@H](O)[C@H]3O)c(=O)oc2c1. The molecule has 3 rings (SSSR count). The van der Waals surface area contributed by atoms with Crippen LogP contribution in [0.5, 0.6) is 17.2 Å². The molecule has 0 radical (unpaired) electrons. The highest BCUT2D eigenvalue weighted by atomic mass is 16.7. The molecule has 1 aromatic carbocycles. The van der Waals surface area contributed by atoms with E-state index in [0.29, 0.717) is 5.75 Å². The molecule has 142 valence electrons. The third kappa shape index (κ3) is 3.08. The van der Waals surface area contributed by atoms with Gasteiger partial charge >= 0.3 is 5.63 Å². The van der Waals surface area contributed by atoms with Crippen molar-refractivity contribution in [1.29, 1.82) is 0 Å². The molecule has 5 atom stereocenters. The van der Waals surface area contributed by atoms with Gasteiger partial charge in [0.1, 0.15) is 35.7 Å². The van der Waals surface area contributed by atoms with Crippen LogP contribution >= 0.6 is 0 Å². The standard InChI is InChI=1S/C16H18O10/c1-23-6-2-3-7-8(4-6)24-15(22)14(10(7)18)26-16-13(21)12(20)11(19)9(5-17)25-16/h2-4,9,11-13,16-21H,5H2,1H3/t9-,11-,12+,13-,16+/m1/s1. The van der Waals surface area contributed by atoms with Crippen molar-refractivity contribution in [2.75, 3.05) is 13.7 Å². The minimum atomic E-state index is -1.74. The Bertz CT molecular complexity index is 845. The van der Waals surface area contributed by atoms with Crippen molar-refractivity contribution in [3.05, 3.63) is 28.6 Å². The first-order valence-electron chi connectivity index (χ1n) is 7.68. The van der Waals surface area contributed by atoms with E-state index in [1.165, 1.54) is 25.3 Å². The van der Waals surface area contributed by atoms with Crippen LogP contribution < -0.4 is 15.1 Å². The van der Waals surface area contributed by atoms with Crippen LogP contribution in [-0.2, 0) is 4.74 Å². The number of fused-ring (bicyclic) bond motifs is 1. The monoisotopic (exact) mass is 370 g/mol. The van der Waals surface area contributed by atoms with Crippen LogP contribution in [0, 0.1) is 0 Å². The Balaban J connectivity index is 1.97. The second-order valence-electron chi connectivity index (χ2n) is 5.74. The van der Waals surface area contributed by atoms with Crippen molar-refractivity contribution in [3.8, 4) is 17.2 Å².